The maximum Gasteiger partial charge on any atom is 0.360 e. The number of nitrogens with zero attached hydrogens (tertiary/aromatic N) is 2. The van der Waals surface area contributed by atoms with Crippen molar-refractivity contribution in [1.82, 2.24) is 9.97 Å². The van der Waals surface area contributed by atoms with Crippen molar-refractivity contribution in [2.24, 2.45) is 22.7 Å². The average Bonchev–Trinajstić information content (AvgIpc) is 3.47. The zero-order valence-corrected chi connectivity index (χ0v) is 33.7. The third-order valence-corrected chi connectivity index (χ3v) is 11.0. The molecule has 1 aliphatic carbocycles. The Balaban J connectivity index is 1.58. The number of ether oxygens (including phenoxy) is 3. The first-order chi connectivity index (χ1) is 26.3. The summed E-state index contributed by atoms with van der Waals surface area (Å²) >= 11 is 1.37. The van der Waals surface area contributed by atoms with Crippen molar-refractivity contribution in [3.05, 3.63) is 125 Å². The second-order valence-electron chi connectivity index (χ2n) is 15.0. The molecule has 3 heterocycles. The highest BCUT2D eigenvalue weighted by atomic mass is 32.1. The van der Waals surface area contributed by atoms with Crippen molar-refractivity contribution < 1.29 is 38.4 Å². The average molecular weight is 773 g/mol. The summed E-state index contributed by atoms with van der Waals surface area (Å²) in [4.78, 5) is 35.5. The number of aromatic nitrogens is 2. The first-order valence-corrected chi connectivity index (χ1v) is 19.7. The van der Waals surface area contributed by atoms with Crippen LogP contribution in [0.3, 0.4) is 0 Å². The number of methoxy groups -OCH3 is 1. The molecular weight excluding hydrogens is 717 g/mol. The molecular formula is C44H56N2O8S. The fourth-order valence-electron chi connectivity index (χ4n) is 5.98. The Labute approximate surface area is 329 Å². The first kappa shape index (κ1) is 43.3. The molecule has 2 aliphatic rings. The molecule has 0 amide bonds. The lowest BCUT2D eigenvalue weighted by atomic mass is 9.79. The fraction of sp³-hybridized carbons (Fsp3) is 0.455. The van der Waals surface area contributed by atoms with Gasteiger partial charge in [-0.25, -0.2) is 19.6 Å². The van der Waals surface area contributed by atoms with Gasteiger partial charge in [0.2, 0.25) is 5.89 Å². The number of thiazole rings is 1. The number of cyclic esters (lactones) is 2. The van der Waals surface area contributed by atoms with Gasteiger partial charge in [-0.05, 0) is 32.1 Å². The van der Waals surface area contributed by atoms with E-state index in [2.05, 4.69) is 22.1 Å². The number of carbonyl (C=O) groups is 2. The summed E-state index contributed by atoms with van der Waals surface area (Å²) in [5.74, 6) is -0.223. The Morgan fingerprint density at radius 1 is 0.800 bits per heavy atom. The highest BCUT2D eigenvalue weighted by molar-refractivity contribution is 7.09. The first-order valence-electron chi connectivity index (χ1n) is 18.8. The van der Waals surface area contributed by atoms with E-state index in [9.17, 15) is 19.8 Å². The Hall–Kier alpha value is -4.42. The zero-order valence-electron chi connectivity index (χ0n) is 32.9. The van der Waals surface area contributed by atoms with Crippen LogP contribution in [0, 0.1) is 22.7 Å². The molecule has 1 aliphatic heterocycles. The van der Waals surface area contributed by atoms with E-state index in [0.717, 1.165) is 11.4 Å². The summed E-state index contributed by atoms with van der Waals surface area (Å²) in [5, 5.41) is 24.3. The monoisotopic (exact) mass is 772 g/mol. The standard InChI is InChI=1S/C44H56N2O8S/c1-8-18-35(47)43(3,4)37-23-14-12-10-11-13-22-32(51-7)27-40-46-34(29-55-40)42(50)54-38(44(5,6)36(48)19-9-2)24-17-21-31-26-30(31)20-15-16-25-39-45-33(28-52-39)41(49)53-37/h8-22,25,28-32,35-38,47-48H,23-24,26-27H2,1-7H3/b11-10-,14-12-,18-8+,19-9+,20-15+,21-17-,22-13+,25-16-/t30-,31+,32+,35+,36+,37+,38+/m1/s1. The van der Waals surface area contributed by atoms with Crippen molar-refractivity contribution >= 4 is 29.4 Å². The number of allylic oxidation sites excluding steroid dienone is 10. The van der Waals surface area contributed by atoms with Gasteiger partial charge in [-0.2, -0.15) is 0 Å². The van der Waals surface area contributed by atoms with Crippen LogP contribution in [0.15, 0.2) is 107 Å². The van der Waals surface area contributed by atoms with Crippen molar-refractivity contribution in [3.63, 3.8) is 0 Å². The normalized spacial score (nSPS) is 28.3. The molecule has 4 rings (SSSR count). The third-order valence-electron chi connectivity index (χ3n) is 10.1. The van der Waals surface area contributed by atoms with Gasteiger partial charge in [-0.1, -0.05) is 119 Å². The number of oxazole rings is 1. The van der Waals surface area contributed by atoms with Gasteiger partial charge >= 0.3 is 11.9 Å². The number of hydrogen-bond donors (Lipinski definition) is 2. The second kappa shape index (κ2) is 20.5. The molecule has 0 spiro atoms. The number of fused-ring (bicyclic) bond motifs is 5. The van der Waals surface area contributed by atoms with Crippen LogP contribution in [0.1, 0.15) is 92.7 Å². The van der Waals surface area contributed by atoms with Crippen molar-refractivity contribution in [2.45, 2.75) is 97.7 Å². The number of aliphatic hydroxyl groups is 2. The highest BCUT2D eigenvalue weighted by Crippen LogP contribution is 2.41. The smallest absolute Gasteiger partial charge is 0.360 e. The molecule has 4 bridgehead atoms. The van der Waals surface area contributed by atoms with E-state index < -0.39 is 47.2 Å². The van der Waals surface area contributed by atoms with Crippen molar-refractivity contribution in [2.75, 3.05) is 7.11 Å². The Kier molecular flexibility index (Phi) is 16.1. The molecule has 0 unspecified atom stereocenters. The summed E-state index contributed by atoms with van der Waals surface area (Å²) in [7, 11) is 1.62. The topological polar surface area (TPSA) is 141 Å². The van der Waals surface area contributed by atoms with E-state index in [1.54, 1.807) is 42.9 Å². The molecule has 1 saturated carbocycles. The van der Waals surface area contributed by atoms with Crippen LogP contribution in [0.4, 0.5) is 0 Å². The van der Waals surface area contributed by atoms with E-state index in [1.807, 2.05) is 96.2 Å². The third kappa shape index (κ3) is 12.5. The van der Waals surface area contributed by atoms with Gasteiger partial charge in [0.25, 0.3) is 0 Å². The summed E-state index contributed by atoms with van der Waals surface area (Å²) in [6.45, 7) is 11.2. The largest absolute Gasteiger partial charge is 0.457 e. The Morgan fingerprint density at radius 3 is 2.05 bits per heavy atom. The van der Waals surface area contributed by atoms with Gasteiger partial charge < -0.3 is 28.8 Å². The fourth-order valence-corrected chi connectivity index (χ4v) is 6.79. The molecule has 0 aromatic carbocycles. The maximum atomic E-state index is 13.4. The van der Waals surface area contributed by atoms with Gasteiger partial charge in [0.15, 0.2) is 11.4 Å². The van der Waals surface area contributed by atoms with E-state index >= 15 is 0 Å². The maximum absolute atomic E-state index is 13.4. The number of esters is 2. The summed E-state index contributed by atoms with van der Waals surface area (Å²) in [5.41, 5.74) is -1.32. The van der Waals surface area contributed by atoms with Crippen LogP contribution in [-0.4, -0.2) is 69.7 Å². The second-order valence-corrected chi connectivity index (χ2v) is 15.9. The summed E-state index contributed by atoms with van der Waals surface area (Å²) < 4.78 is 23.2. The predicted molar refractivity (Wildman–Crippen MR) is 216 cm³/mol. The molecule has 296 valence electrons. The van der Waals surface area contributed by atoms with Gasteiger partial charge in [0.1, 0.15) is 18.5 Å². The Morgan fingerprint density at radius 2 is 1.40 bits per heavy atom. The van der Waals surface area contributed by atoms with E-state index in [4.69, 9.17) is 18.6 Å². The number of carbonyl (C=O) groups excluding carboxylic acids is 2. The van der Waals surface area contributed by atoms with Crippen molar-refractivity contribution in [1.29, 1.82) is 0 Å². The SMILES string of the molecule is C/C=C/[C@H](O)C(C)(C)[C@@H]1C\C=C/C=C\C=C\[C@H](OC)Cc2nc(cs2)C(=O)O[C@H](C(C)(C)[C@@H](O)/C=C/C)C/C=C\[C@H]2C[C@H]2/C=C/C=C\c2nc(co2)C(=O)O1. The summed E-state index contributed by atoms with van der Waals surface area (Å²) in [6, 6.07) is 0. The molecule has 10 nitrogen and oxygen atoms in total. The molecule has 7 atom stereocenters. The number of aliphatic hydroxyl groups excluding tert-OH is 2. The van der Waals surface area contributed by atoms with Gasteiger partial charge in [0, 0.05) is 48.7 Å². The highest BCUT2D eigenvalue weighted by Gasteiger charge is 2.39. The lowest BCUT2D eigenvalue weighted by molar-refractivity contribution is -0.0461. The van der Waals surface area contributed by atoms with Gasteiger partial charge in [0.05, 0.1) is 23.3 Å². The lowest BCUT2D eigenvalue weighted by Gasteiger charge is -2.36. The Bertz CT molecular complexity index is 1810. The quantitative estimate of drug-likeness (QED) is 0.208. The molecule has 55 heavy (non-hydrogen) atoms. The molecule has 2 N–H and O–H groups in total. The van der Waals surface area contributed by atoms with E-state index in [1.165, 1.54) is 17.6 Å². The molecule has 0 saturated heterocycles. The molecule has 2 aromatic rings. The van der Waals surface area contributed by atoms with Gasteiger partial charge in [-0.3, -0.25) is 0 Å². The van der Waals surface area contributed by atoms with Crippen LogP contribution in [-0.2, 0) is 20.6 Å². The van der Waals surface area contributed by atoms with Gasteiger partial charge in [-0.15, -0.1) is 11.3 Å². The van der Waals surface area contributed by atoms with Crippen molar-refractivity contribution in [3.8, 4) is 0 Å². The van der Waals surface area contributed by atoms with E-state index in [-0.39, 0.29) is 23.4 Å². The van der Waals surface area contributed by atoms with Crippen LogP contribution >= 0.6 is 11.3 Å². The minimum atomic E-state index is -0.856. The molecule has 11 heteroatoms. The number of hydrogen-bond acceptors (Lipinski definition) is 11. The molecule has 1 fully saturated rings. The lowest BCUT2D eigenvalue weighted by Crippen LogP contribution is -2.42. The minimum Gasteiger partial charge on any atom is -0.457 e. The van der Waals surface area contributed by atoms with Crippen LogP contribution in [0.25, 0.3) is 6.08 Å². The van der Waals surface area contributed by atoms with Crippen LogP contribution in [0.5, 0.6) is 0 Å². The number of rotatable bonds is 7. The minimum absolute atomic E-state index is 0.0399. The summed E-state index contributed by atoms with van der Waals surface area (Å²) in [6.07, 6.45) is 30.1. The zero-order chi connectivity index (χ0) is 40.0. The van der Waals surface area contributed by atoms with Crippen LogP contribution < -0.4 is 0 Å². The van der Waals surface area contributed by atoms with E-state index in [0.29, 0.717) is 31.1 Å². The molecule has 0 radical (unpaired) electrons. The predicted octanol–water partition coefficient (Wildman–Crippen LogP) is 8.59. The van der Waals surface area contributed by atoms with Crippen LogP contribution in [0.2, 0.25) is 0 Å². The molecule has 2 aromatic heterocycles.